The highest BCUT2D eigenvalue weighted by Crippen LogP contribution is 2.33. The van der Waals surface area contributed by atoms with Crippen LogP contribution in [0.3, 0.4) is 0 Å². The fourth-order valence-corrected chi connectivity index (χ4v) is 2.65. The molecule has 0 bridgehead atoms. The predicted octanol–water partition coefficient (Wildman–Crippen LogP) is 4.16. The van der Waals surface area contributed by atoms with Crippen LogP contribution in [-0.2, 0) is 4.79 Å². The van der Waals surface area contributed by atoms with Crippen LogP contribution in [-0.4, -0.2) is 18.2 Å². The molecule has 0 aliphatic carbocycles. The first-order valence-corrected chi connectivity index (χ1v) is 7.58. The maximum Gasteiger partial charge on any atom is 0.237 e. The zero-order valence-electron chi connectivity index (χ0n) is 12.7. The SMILES string of the molecule is C=C/C=C/[C@H]1C(=O)N(c2ccccc2)[C@H]1C=Nc1ccccc1. The van der Waals surface area contributed by atoms with Gasteiger partial charge < -0.3 is 4.90 Å². The van der Waals surface area contributed by atoms with Crippen LogP contribution in [0, 0.1) is 5.92 Å². The molecule has 1 heterocycles. The lowest BCUT2D eigenvalue weighted by molar-refractivity contribution is -0.126. The van der Waals surface area contributed by atoms with Gasteiger partial charge in [0.1, 0.15) is 0 Å². The van der Waals surface area contributed by atoms with Gasteiger partial charge in [-0.25, -0.2) is 0 Å². The van der Waals surface area contributed by atoms with E-state index in [1.807, 2.05) is 79.0 Å². The van der Waals surface area contributed by atoms with E-state index in [0.717, 1.165) is 11.4 Å². The lowest BCUT2D eigenvalue weighted by Gasteiger charge is -2.44. The molecule has 1 aliphatic rings. The van der Waals surface area contributed by atoms with Crippen LogP contribution in [0.4, 0.5) is 11.4 Å². The average Bonchev–Trinajstić information content (AvgIpc) is 2.60. The molecular formula is C20H18N2O. The maximum atomic E-state index is 12.5. The normalized spacial score (nSPS) is 20.9. The molecule has 3 nitrogen and oxygen atoms in total. The fourth-order valence-electron chi connectivity index (χ4n) is 2.65. The number of para-hydroxylation sites is 2. The Hall–Kier alpha value is -2.94. The molecule has 0 radical (unpaired) electrons. The van der Waals surface area contributed by atoms with E-state index in [-0.39, 0.29) is 17.9 Å². The molecule has 0 unspecified atom stereocenters. The second-order valence-electron chi connectivity index (χ2n) is 5.29. The maximum absolute atomic E-state index is 12.5. The minimum atomic E-state index is -0.194. The van der Waals surface area contributed by atoms with Crippen molar-refractivity contribution in [3.63, 3.8) is 0 Å². The highest BCUT2D eigenvalue weighted by Gasteiger charge is 2.45. The number of rotatable bonds is 5. The van der Waals surface area contributed by atoms with E-state index in [2.05, 4.69) is 11.6 Å². The van der Waals surface area contributed by atoms with Crippen LogP contribution in [0.15, 0.2) is 90.5 Å². The second kappa shape index (κ2) is 6.88. The average molecular weight is 302 g/mol. The molecular weight excluding hydrogens is 284 g/mol. The minimum Gasteiger partial charge on any atom is -0.302 e. The Morgan fingerprint density at radius 3 is 2.30 bits per heavy atom. The van der Waals surface area contributed by atoms with Gasteiger partial charge in [-0.2, -0.15) is 0 Å². The van der Waals surface area contributed by atoms with Gasteiger partial charge in [-0.1, -0.05) is 61.2 Å². The molecule has 1 aliphatic heterocycles. The van der Waals surface area contributed by atoms with Crippen LogP contribution in [0.2, 0.25) is 0 Å². The molecule has 0 N–H and O–H groups in total. The molecule has 2 atom stereocenters. The molecule has 0 aromatic heterocycles. The van der Waals surface area contributed by atoms with Gasteiger partial charge in [0.2, 0.25) is 5.91 Å². The van der Waals surface area contributed by atoms with Crippen molar-refractivity contribution in [2.45, 2.75) is 6.04 Å². The third-order valence-electron chi connectivity index (χ3n) is 3.81. The van der Waals surface area contributed by atoms with E-state index in [1.54, 1.807) is 11.0 Å². The van der Waals surface area contributed by atoms with E-state index in [0.29, 0.717) is 0 Å². The van der Waals surface area contributed by atoms with Crippen molar-refractivity contribution in [3.8, 4) is 0 Å². The largest absolute Gasteiger partial charge is 0.302 e. The number of hydrogen-bond donors (Lipinski definition) is 0. The summed E-state index contributed by atoms with van der Waals surface area (Å²) < 4.78 is 0. The summed E-state index contributed by atoms with van der Waals surface area (Å²) in [5, 5.41) is 0. The van der Waals surface area contributed by atoms with Crippen molar-refractivity contribution < 1.29 is 4.79 Å². The summed E-state index contributed by atoms with van der Waals surface area (Å²) in [6.45, 7) is 3.67. The van der Waals surface area contributed by atoms with Crippen molar-refractivity contribution in [1.82, 2.24) is 0 Å². The first-order valence-electron chi connectivity index (χ1n) is 7.58. The van der Waals surface area contributed by atoms with E-state index < -0.39 is 0 Å². The van der Waals surface area contributed by atoms with Gasteiger partial charge in [0, 0.05) is 11.9 Å². The number of anilines is 1. The molecule has 23 heavy (non-hydrogen) atoms. The molecule has 0 spiro atoms. The number of allylic oxidation sites excluding steroid dienone is 2. The molecule has 2 aromatic carbocycles. The van der Waals surface area contributed by atoms with Crippen LogP contribution in [0.25, 0.3) is 0 Å². The Labute approximate surface area is 136 Å². The van der Waals surface area contributed by atoms with Crippen molar-refractivity contribution in [2.24, 2.45) is 10.9 Å². The summed E-state index contributed by atoms with van der Waals surface area (Å²) in [4.78, 5) is 18.8. The Morgan fingerprint density at radius 1 is 1.00 bits per heavy atom. The van der Waals surface area contributed by atoms with Gasteiger partial charge in [0.15, 0.2) is 0 Å². The standard InChI is InChI=1S/C20H18N2O/c1-2-3-14-18-19(15-21-16-10-6-4-7-11-16)22(20(18)23)17-12-8-5-9-13-17/h2-15,18-19H,1H2/b14-3+,21-15?/t18-,19+/m1/s1. The van der Waals surface area contributed by atoms with E-state index in [1.165, 1.54) is 0 Å². The number of amides is 1. The number of aliphatic imine (C=N–C) groups is 1. The summed E-state index contributed by atoms with van der Waals surface area (Å²) in [5.41, 5.74) is 1.77. The van der Waals surface area contributed by atoms with Gasteiger partial charge in [0.25, 0.3) is 0 Å². The van der Waals surface area contributed by atoms with Crippen LogP contribution < -0.4 is 4.90 Å². The Kier molecular flexibility index (Phi) is 4.48. The lowest BCUT2D eigenvalue weighted by Crippen LogP contribution is -2.61. The summed E-state index contributed by atoms with van der Waals surface area (Å²) in [7, 11) is 0. The summed E-state index contributed by atoms with van der Waals surface area (Å²) in [6, 6.07) is 19.3. The van der Waals surface area contributed by atoms with E-state index >= 15 is 0 Å². The monoisotopic (exact) mass is 302 g/mol. The number of β-lactam (4-membered cyclic amide) rings is 1. The number of hydrogen-bond acceptors (Lipinski definition) is 2. The number of carbonyl (C=O) groups is 1. The van der Waals surface area contributed by atoms with Crippen LogP contribution >= 0.6 is 0 Å². The van der Waals surface area contributed by atoms with Crippen LogP contribution in [0.1, 0.15) is 0 Å². The molecule has 0 saturated carbocycles. The Morgan fingerprint density at radius 2 is 1.65 bits per heavy atom. The lowest BCUT2D eigenvalue weighted by atomic mass is 9.87. The van der Waals surface area contributed by atoms with Crippen molar-refractivity contribution in [3.05, 3.63) is 85.5 Å². The van der Waals surface area contributed by atoms with Gasteiger partial charge in [-0.3, -0.25) is 9.79 Å². The molecule has 1 fully saturated rings. The first-order chi connectivity index (χ1) is 11.3. The molecule has 1 amide bonds. The second-order valence-corrected chi connectivity index (χ2v) is 5.29. The van der Waals surface area contributed by atoms with Gasteiger partial charge >= 0.3 is 0 Å². The zero-order chi connectivity index (χ0) is 16.1. The molecule has 2 aromatic rings. The Bertz CT molecular complexity index is 735. The number of benzene rings is 2. The van der Waals surface area contributed by atoms with Crippen molar-refractivity contribution in [1.29, 1.82) is 0 Å². The fraction of sp³-hybridized carbons (Fsp3) is 0.100. The van der Waals surface area contributed by atoms with Crippen LogP contribution in [0.5, 0.6) is 0 Å². The highest BCUT2D eigenvalue weighted by atomic mass is 16.2. The van der Waals surface area contributed by atoms with E-state index in [9.17, 15) is 4.79 Å². The van der Waals surface area contributed by atoms with E-state index in [4.69, 9.17) is 0 Å². The zero-order valence-corrected chi connectivity index (χ0v) is 12.7. The Balaban J connectivity index is 1.87. The quantitative estimate of drug-likeness (QED) is 0.463. The minimum absolute atomic E-state index is 0.0821. The number of carbonyl (C=O) groups excluding carboxylic acids is 1. The number of nitrogens with zero attached hydrogens (tertiary/aromatic N) is 2. The van der Waals surface area contributed by atoms with Gasteiger partial charge in [0.05, 0.1) is 17.6 Å². The van der Waals surface area contributed by atoms with Gasteiger partial charge in [-0.05, 0) is 24.3 Å². The third-order valence-corrected chi connectivity index (χ3v) is 3.81. The third kappa shape index (κ3) is 3.14. The van der Waals surface area contributed by atoms with Crippen molar-refractivity contribution in [2.75, 3.05) is 4.90 Å². The van der Waals surface area contributed by atoms with Gasteiger partial charge in [-0.15, -0.1) is 0 Å². The molecule has 3 rings (SSSR count). The summed E-state index contributed by atoms with van der Waals surface area (Å²) in [5.74, 6) is -0.112. The topological polar surface area (TPSA) is 32.7 Å². The molecule has 3 heteroatoms. The predicted molar refractivity (Wildman–Crippen MR) is 95.1 cm³/mol. The highest BCUT2D eigenvalue weighted by molar-refractivity contribution is 6.10. The first kappa shape index (κ1) is 15.0. The molecule has 114 valence electrons. The smallest absolute Gasteiger partial charge is 0.237 e. The van der Waals surface area contributed by atoms with Crippen molar-refractivity contribution >= 4 is 23.5 Å². The summed E-state index contributed by atoms with van der Waals surface area (Å²) >= 11 is 0. The summed E-state index contributed by atoms with van der Waals surface area (Å²) in [6.07, 6.45) is 7.23. The molecule has 1 saturated heterocycles.